The Hall–Kier alpha value is -2.35. The van der Waals surface area contributed by atoms with Crippen LogP contribution in [0, 0.1) is 6.92 Å². The lowest BCUT2D eigenvalue weighted by molar-refractivity contribution is 1.24. The van der Waals surface area contributed by atoms with Gasteiger partial charge in [-0.3, -0.25) is 4.79 Å². The Kier molecular flexibility index (Phi) is 2.49. The zero-order chi connectivity index (χ0) is 12.5. The number of rotatable bonds is 1. The van der Waals surface area contributed by atoms with Crippen LogP contribution in [0.3, 0.4) is 0 Å². The number of H-pyrrole nitrogens is 1. The molecule has 0 spiro atoms. The molecule has 88 valence electrons. The van der Waals surface area contributed by atoms with Crippen molar-refractivity contribution >= 4 is 10.8 Å². The maximum Gasteiger partial charge on any atom is 0.256 e. The Balaban J connectivity index is 2.39. The highest BCUT2D eigenvalue weighted by molar-refractivity contribution is 5.89. The Morgan fingerprint density at radius 3 is 2.17 bits per heavy atom. The number of fused-ring (bicyclic) bond motifs is 1. The first-order chi connectivity index (χ1) is 8.77. The minimum Gasteiger partial charge on any atom is -0.321 e. The van der Waals surface area contributed by atoms with Crippen LogP contribution < -0.4 is 5.56 Å². The van der Waals surface area contributed by atoms with E-state index < -0.39 is 0 Å². The summed E-state index contributed by atoms with van der Waals surface area (Å²) in [5.74, 6) is 0. The molecule has 0 aliphatic heterocycles. The van der Waals surface area contributed by atoms with Crippen molar-refractivity contribution in [1.82, 2.24) is 4.98 Å². The number of pyridine rings is 1. The van der Waals surface area contributed by atoms with Gasteiger partial charge in [-0.1, -0.05) is 48.5 Å². The predicted molar refractivity (Wildman–Crippen MR) is 74.7 cm³/mol. The summed E-state index contributed by atoms with van der Waals surface area (Å²) in [4.78, 5) is 15.0. The summed E-state index contributed by atoms with van der Waals surface area (Å²) in [7, 11) is 0. The first kappa shape index (κ1) is 10.8. The van der Waals surface area contributed by atoms with Gasteiger partial charge in [0.05, 0.1) is 5.69 Å². The third-order valence-corrected chi connectivity index (χ3v) is 3.25. The molecule has 0 radical (unpaired) electrons. The molecule has 3 rings (SSSR count). The van der Waals surface area contributed by atoms with Crippen molar-refractivity contribution in [2.24, 2.45) is 0 Å². The predicted octanol–water partition coefficient (Wildman–Crippen LogP) is 3.50. The van der Waals surface area contributed by atoms with Crippen molar-refractivity contribution in [1.29, 1.82) is 0 Å². The minimum absolute atomic E-state index is 0.0324. The van der Waals surface area contributed by atoms with Crippen molar-refractivity contribution in [3.63, 3.8) is 0 Å². The molecular formula is C16H13NO. The molecule has 0 saturated carbocycles. The number of nitrogens with one attached hydrogen (secondary N) is 1. The first-order valence-corrected chi connectivity index (χ1v) is 5.94. The Morgan fingerprint density at radius 2 is 1.44 bits per heavy atom. The van der Waals surface area contributed by atoms with Gasteiger partial charge in [-0.05, 0) is 29.5 Å². The topological polar surface area (TPSA) is 32.9 Å². The Bertz CT molecular complexity index is 757. The largest absolute Gasteiger partial charge is 0.321 e. The van der Waals surface area contributed by atoms with Gasteiger partial charge in [0.1, 0.15) is 0 Å². The molecule has 0 saturated heterocycles. The fourth-order valence-corrected chi connectivity index (χ4v) is 2.31. The molecule has 0 bridgehead atoms. The maximum atomic E-state index is 12.1. The van der Waals surface area contributed by atoms with Gasteiger partial charge in [0.15, 0.2) is 0 Å². The van der Waals surface area contributed by atoms with E-state index in [0.29, 0.717) is 0 Å². The lowest BCUT2D eigenvalue weighted by Crippen LogP contribution is -2.09. The number of aryl methyl sites for hydroxylation is 1. The molecule has 2 nitrogen and oxygen atoms in total. The van der Waals surface area contributed by atoms with Crippen molar-refractivity contribution in [2.75, 3.05) is 0 Å². The van der Waals surface area contributed by atoms with Crippen LogP contribution in [-0.4, -0.2) is 4.98 Å². The van der Waals surface area contributed by atoms with Crippen LogP contribution in [-0.2, 0) is 0 Å². The van der Waals surface area contributed by atoms with E-state index in [0.717, 1.165) is 27.6 Å². The van der Waals surface area contributed by atoms with Crippen molar-refractivity contribution in [2.45, 2.75) is 6.92 Å². The van der Waals surface area contributed by atoms with Gasteiger partial charge in [-0.15, -0.1) is 0 Å². The molecule has 0 fully saturated rings. The second kappa shape index (κ2) is 4.15. The SMILES string of the molecule is Cc1c(-c2ccccc2)[nH]c(=O)c2ccccc12. The molecule has 1 N–H and O–H groups in total. The van der Waals surface area contributed by atoms with E-state index >= 15 is 0 Å². The normalized spacial score (nSPS) is 10.7. The monoisotopic (exact) mass is 235 g/mol. The number of benzene rings is 2. The van der Waals surface area contributed by atoms with Crippen LogP contribution >= 0.6 is 0 Å². The number of aromatic amines is 1. The average molecular weight is 235 g/mol. The van der Waals surface area contributed by atoms with Crippen LogP contribution in [0.15, 0.2) is 59.4 Å². The zero-order valence-corrected chi connectivity index (χ0v) is 10.1. The van der Waals surface area contributed by atoms with Gasteiger partial charge in [0.2, 0.25) is 0 Å². The molecule has 0 aliphatic rings. The van der Waals surface area contributed by atoms with Gasteiger partial charge >= 0.3 is 0 Å². The average Bonchev–Trinajstić information content (AvgIpc) is 2.44. The Labute approximate surface area is 105 Å². The van der Waals surface area contributed by atoms with Crippen molar-refractivity contribution < 1.29 is 0 Å². The number of hydrogen-bond donors (Lipinski definition) is 1. The zero-order valence-electron chi connectivity index (χ0n) is 10.1. The van der Waals surface area contributed by atoms with Crippen molar-refractivity contribution in [3.05, 3.63) is 70.5 Å². The first-order valence-electron chi connectivity index (χ1n) is 5.94. The van der Waals surface area contributed by atoms with Gasteiger partial charge in [0, 0.05) is 5.39 Å². The molecule has 18 heavy (non-hydrogen) atoms. The summed E-state index contributed by atoms with van der Waals surface area (Å²) in [5, 5.41) is 1.76. The summed E-state index contributed by atoms with van der Waals surface area (Å²) in [6.07, 6.45) is 0. The quantitative estimate of drug-likeness (QED) is 0.688. The van der Waals surface area contributed by atoms with Gasteiger partial charge in [-0.2, -0.15) is 0 Å². The highest BCUT2D eigenvalue weighted by atomic mass is 16.1. The van der Waals surface area contributed by atoms with E-state index in [1.807, 2.05) is 61.5 Å². The van der Waals surface area contributed by atoms with E-state index in [1.165, 1.54) is 0 Å². The highest BCUT2D eigenvalue weighted by Gasteiger charge is 2.08. The Morgan fingerprint density at radius 1 is 0.833 bits per heavy atom. The lowest BCUT2D eigenvalue weighted by atomic mass is 10.0. The maximum absolute atomic E-state index is 12.1. The summed E-state index contributed by atoms with van der Waals surface area (Å²) in [6.45, 7) is 2.04. The molecule has 0 atom stereocenters. The molecule has 3 aromatic rings. The fraction of sp³-hybridized carbons (Fsp3) is 0.0625. The third-order valence-electron chi connectivity index (χ3n) is 3.25. The van der Waals surface area contributed by atoms with Gasteiger partial charge in [0.25, 0.3) is 5.56 Å². The molecule has 0 unspecified atom stereocenters. The lowest BCUT2D eigenvalue weighted by Gasteiger charge is -2.09. The third kappa shape index (κ3) is 1.63. The molecule has 1 aromatic heterocycles. The van der Waals surface area contributed by atoms with Crippen LogP contribution in [0.4, 0.5) is 0 Å². The second-order valence-corrected chi connectivity index (χ2v) is 4.37. The molecule has 2 aromatic carbocycles. The van der Waals surface area contributed by atoms with E-state index in [4.69, 9.17) is 0 Å². The molecule has 1 heterocycles. The number of hydrogen-bond acceptors (Lipinski definition) is 1. The minimum atomic E-state index is -0.0324. The van der Waals surface area contributed by atoms with E-state index in [1.54, 1.807) is 0 Å². The van der Waals surface area contributed by atoms with Crippen molar-refractivity contribution in [3.8, 4) is 11.3 Å². The molecule has 0 amide bonds. The van der Waals surface area contributed by atoms with Crippen LogP contribution in [0.25, 0.3) is 22.0 Å². The summed E-state index contributed by atoms with van der Waals surface area (Å²) < 4.78 is 0. The van der Waals surface area contributed by atoms with E-state index in [2.05, 4.69) is 4.98 Å². The van der Waals surface area contributed by atoms with Crippen LogP contribution in [0.5, 0.6) is 0 Å². The summed E-state index contributed by atoms with van der Waals surface area (Å²) in [5.41, 5.74) is 3.02. The van der Waals surface area contributed by atoms with E-state index in [-0.39, 0.29) is 5.56 Å². The van der Waals surface area contributed by atoms with Crippen LogP contribution in [0.1, 0.15) is 5.56 Å². The molecular weight excluding hydrogens is 222 g/mol. The van der Waals surface area contributed by atoms with Gasteiger partial charge < -0.3 is 4.98 Å². The second-order valence-electron chi connectivity index (χ2n) is 4.37. The van der Waals surface area contributed by atoms with E-state index in [9.17, 15) is 4.79 Å². The smallest absolute Gasteiger partial charge is 0.256 e. The molecule has 2 heteroatoms. The number of aromatic nitrogens is 1. The summed E-state index contributed by atoms with van der Waals surface area (Å²) in [6, 6.07) is 17.6. The van der Waals surface area contributed by atoms with Crippen LogP contribution in [0.2, 0.25) is 0 Å². The van der Waals surface area contributed by atoms with Gasteiger partial charge in [-0.25, -0.2) is 0 Å². The summed E-state index contributed by atoms with van der Waals surface area (Å²) >= 11 is 0. The highest BCUT2D eigenvalue weighted by Crippen LogP contribution is 2.24. The fourth-order valence-electron chi connectivity index (χ4n) is 2.31. The standard InChI is InChI=1S/C16H13NO/c1-11-13-9-5-6-10-14(13)16(18)17-15(11)12-7-3-2-4-8-12/h2-10H,1H3,(H,17,18). The molecule has 0 aliphatic carbocycles.